The van der Waals surface area contributed by atoms with Crippen molar-refractivity contribution in [2.75, 3.05) is 37.0 Å². The Morgan fingerprint density at radius 3 is 2.57 bits per heavy atom. The normalized spacial score (nSPS) is 13.6. The van der Waals surface area contributed by atoms with Crippen LogP contribution < -0.4 is 19.7 Å². The lowest BCUT2D eigenvalue weighted by Gasteiger charge is -2.21. The van der Waals surface area contributed by atoms with Crippen LogP contribution >= 0.6 is 0 Å². The van der Waals surface area contributed by atoms with Gasteiger partial charge in [-0.2, -0.15) is 0 Å². The number of rotatable bonds is 8. The van der Waals surface area contributed by atoms with E-state index < -0.39 is 0 Å². The number of carbonyl (C=O) groups is 1. The van der Waals surface area contributed by atoms with Gasteiger partial charge in [-0.15, -0.1) is 0 Å². The van der Waals surface area contributed by atoms with E-state index in [-0.39, 0.29) is 5.91 Å². The third-order valence-electron chi connectivity index (χ3n) is 4.98. The maximum atomic E-state index is 12.8. The van der Waals surface area contributed by atoms with E-state index in [4.69, 9.17) is 9.47 Å². The molecule has 0 saturated carbocycles. The summed E-state index contributed by atoms with van der Waals surface area (Å²) in [4.78, 5) is 15.2. The minimum absolute atomic E-state index is 0.154. The Balaban J connectivity index is 1.72. The van der Waals surface area contributed by atoms with Crippen molar-refractivity contribution in [1.29, 1.82) is 0 Å². The van der Waals surface area contributed by atoms with Crippen LogP contribution in [-0.4, -0.2) is 32.7 Å². The molecule has 1 heterocycles. The molecule has 1 N–H and O–H groups in total. The Hall–Kier alpha value is -2.69. The average molecular weight is 383 g/mol. The van der Waals surface area contributed by atoms with E-state index in [1.165, 1.54) is 12.8 Å². The van der Waals surface area contributed by atoms with Gasteiger partial charge in [0.2, 0.25) is 0 Å². The van der Waals surface area contributed by atoms with Gasteiger partial charge in [0, 0.05) is 18.7 Å². The standard InChI is InChI=1S/C23H30N2O3/c1-17(2)12-15-28-21-11-10-18(16-22(21)27-3)23(26)24-19-8-4-5-9-20(19)25-13-6-7-14-25/h4-5,8-11,16-17H,6-7,12-15H2,1-3H3,(H,24,26). The third-order valence-corrected chi connectivity index (χ3v) is 4.98. The highest BCUT2D eigenvalue weighted by molar-refractivity contribution is 6.06. The van der Waals surface area contributed by atoms with E-state index in [0.717, 1.165) is 30.9 Å². The van der Waals surface area contributed by atoms with Crippen LogP contribution in [0.25, 0.3) is 0 Å². The molecule has 0 aromatic heterocycles. The molecule has 0 spiro atoms. The Morgan fingerprint density at radius 1 is 1.11 bits per heavy atom. The molecule has 3 rings (SSSR count). The largest absolute Gasteiger partial charge is 0.493 e. The van der Waals surface area contributed by atoms with Crippen LogP contribution in [0.3, 0.4) is 0 Å². The molecular weight excluding hydrogens is 352 g/mol. The van der Waals surface area contributed by atoms with Crippen LogP contribution in [0, 0.1) is 5.92 Å². The molecule has 0 radical (unpaired) electrons. The fraction of sp³-hybridized carbons (Fsp3) is 0.435. The summed E-state index contributed by atoms with van der Waals surface area (Å²) in [6.45, 7) is 7.01. The van der Waals surface area contributed by atoms with Crippen molar-refractivity contribution < 1.29 is 14.3 Å². The van der Waals surface area contributed by atoms with Gasteiger partial charge >= 0.3 is 0 Å². The second-order valence-corrected chi connectivity index (χ2v) is 7.56. The summed E-state index contributed by atoms with van der Waals surface area (Å²) in [6, 6.07) is 13.3. The lowest BCUT2D eigenvalue weighted by molar-refractivity contribution is 0.102. The van der Waals surface area contributed by atoms with E-state index in [9.17, 15) is 4.79 Å². The summed E-state index contributed by atoms with van der Waals surface area (Å²) in [6.07, 6.45) is 3.36. The lowest BCUT2D eigenvalue weighted by Crippen LogP contribution is -2.21. The summed E-state index contributed by atoms with van der Waals surface area (Å²) >= 11 is 0. The average Bonchev–Trinajstić information content (AvgIpc) is 3.23. The zero-order valence-electron chi connectivity index (χ0n) is 17.0. The number of amides is 1. The van der Waals surface area contributed by atoms with Gasteiger partial charge in [-0.3, -0.25) is 4.79 Å². The third kappa shape index (κ3) is 4.97. The van der Waals surface area contributed by atoms with Crippen molar-refractivity contribution in [3.63, 3.8) is 0 Å². The van der Waals surface area contributed by atoms with E-state index in [2.05, 4.69) is 30.1 Å². The summed E-state index contributed by atoms with van der Waals surface area (Å²) < 4.78 is 11.3. The molecule has 150 valence electrons. The first kappa shape index (κ1) is 20.1. The molecule has 0 bridgehead atoms. The quantitative estimate of drug-likeness (QED) is 0.700. The predicted octanol–water partition coefficient (Wildman–Crippen LogP) is 4.97. The predicted molar refractivity (Wildman–Crippen MR) is 114 cm³/mol. The molecular formula is C23H30N2O3. The first-order valence-corrected chi connectivity index (χ1v) is 10.0. The van der Waals surface area contributed by atoms with Gasteiger partial charge in [0.1, 0.15) is 0 Å². The fourth-order valence-electron chi connectivity index (χ4n) is 3.34. The molecule has 5 nitrogen and oxygen atoms in total. The topological polar surface area (TPSA) is 50.8 Å². The van der Waals surface area contributed by atoms with Gasteiger partial charge in [-0.1, -0.05) is 26.0 Å². The van der Waals surface area contributed by atoms with Crippen molar-refractivity contribution in [3.8, 4) is 11.5 Å². The molecule has 1 aliphatic heterocycles. The van der Waals surface area contributed by atoms with Crippen LogP contribution in [0.1, 0.15) is 43.5 Å². The van der Waals surface area contributed by atoms with Crippen LogP contribution in [-0.2, 0) is 0 Å². The minimum atomic E-state index is -0.154. The molecule has 0 aliphatic carbocycles. The zero-order valence-corrected chi connectivity index (χ0v) is 17.0. The van der Waals surface area contributed by atoms with Gasteiger partial charge in [0.15, 0.2) is 11.5 Å². The summed E-state index contributed by atoms with van der Waals surface area (Å²) in [5, 5.41) is 3.06. The first-order chi connectivity index (χ1) is 13.6. The Kier molecular flexibility index (Phi) is 6.80. The van der Waals surface area contributed by atoms with E-state index in [1.54, 1.807) is 25.3 Å². The SMILES string of the molecule is COc1cc(C(=O)Nc2ccccc2N2CCCC2)ccc1OCCC(C)C. The number of hydrogen-bond donors (Lipinski definition) is 1. The lowest BCUT2D eigenvalue weighted by atomic mass is 10.1. The van der Waals surface area contributed by atoms with Crippen molar-refractivity contribution in [3.05, 3.63) is 48.0 Å². The van der Waals surface area contributed by atoms with E-state index in [1.807, 2.05) is 18.2 Å². The van der Waals surface area contributed by atoms with Crippen LogP contribution in [0.4, 0.5) is 11.4 Å². The Morgan fingerprint density at radius 2 is 1.86 bits per heavy atom. The van der Waals surface area contributed by atoms with E-state index in [0.29, 0.717) is 29.6 Å². The second kappa shape index (κ2) is 9.49. The molecule has 28 heavy (non-hydrogen) atoms. The van der Waals surface area contributed by atoms with Gasteiger partial charge in [0.25, 0.3) is 5.91 Å². The fourth-order valence-corrected chi connectivity index (χ4v) is 3.34. The molecule has 1 aliphatic rings. The zero-order chi connectivity index (χ0) is 19.9. The Labute approximate surface area is 167 Å². The van der Waals surface area contributed by atoms with Gasteiger partial charge in [-0.25, -0.2) is 0 Å². The number of carbonyl (C=O) groups excluding carboxylic acids is 1. The number of anilines is 2. The molecule has 5 heteroatoms. The Bertz CT molecular complexity index is 798. The molecule has 0 atom stereocenters. The van der Waals surface area contributed by atoms with Crippen LogP contribution in [0.2, 0.25) is 0 Å². The summed E-state index contributed by atoms with van der Waals surface area (Å²) in [7, 11) is 1.59. The number of nitrogens with one attached hydrogen (secondary N) is 1. The highest BCUT2D eigenvalue weighted by atomic mass is 16.5. The van der Waals surface area contributed by atoms with Gasteiger partial charge in [-0.05, 0) is 55.5 Å². The monoisotopic (exact) mass is 382 g/mol. The summed E-state index contributed by atoms with van der Waals surface area (Å²) in [5.74, 6) is 1.66. The first-order valence-electron chi connectivity index (χ1n) is 10.0. The number of benzene rings is 2. The molecule has 2 aromatic rings. The van der Waals surface area contributed by atoms with E-state index >= 15 is 0 Å². The highest BCUT2D eigenvalue weighted by Gasteiger charge is 2.18. The maximum absolute atomic E-state index is 12.8. The molecule has 1 amide bonds. The van der Waals surface area contributed by atoms with Crippen LogP contribution in [0.15, 0.2) is 42.5 Å². The number of hydrogen-bond acceptors (Lipinski definition) is 4. The summed E-state index contributed by atoms with van der Waals surface area (Å²) in [5.41, 5.74) is 2.46. The van der Waals surface area contributed by atoms with Gasteiger partial charge in [0.05, 0.1) is 25.1 Å². The number of methoxy groups -OCH3 is 1. The number of ether oxygens (including phenoxy) is 2. The maximum Gasteiger partial charge on any atom is 0.255 e. The van der Waals surface area contributed by atoms with Crippen molar-refractivity contribution in [2.45, 2.75) is 33.1 Å². The van der Waals surface area contributed by atoms with Crippen molar-refractivity contribution >= 4 is 17.3 Å². The number of para-hydroxylation sites is 2. The second-order valence-electron chi connectivity index (χ2n) is 7.56. The smallest absolute Gasteiger partial charge is 0.255 e. The molecule has 1 fully saturated rings. The minimum Gasteiger partial charge on any atom is -0.493 e. The molecule has 1 saturated heterocycles. The van der Waals surface area contributed by atoms with Crippen LogP contribution in [0.5, 0.6) is 11.5 Å². The highest BCUT2D eigenvalue weighted by Crippen LogP contribution is 2.31. The molecule has 0 unspecified atom stereocenters. The van der Waals surface area contributed by atoms with Crippen molar-refractivity contribution in [2.24, 2.45) is 5.92 Å². The molecule has 2 aromatic carbocycles. The van der Waals surface area contributed by atoms with Gasteiger partial charge < -0.3 is 19.7 Å². The number of nitrogens with zero attached hydrogens (tertiary/aromatic N) is 1. The van der Waals surface area contributed by atoms with Crippen molar-refractivity contribution in [1.82, 2.24) is 0 Å².